The van der Waals surface area contributed by atoms with Crippen LogP contribution in [0.1, 0.15) is 39.2 Å². The van der Waals surface area contributed by atoms with E-state index in [-0.39, 0.29) is 17.5 Å². The Hall–Kier alpha value is -0.450. The predicted molar refractivity (Wildman–Crippen MR) is 85.6 cm³/mol. The second kappa shape index (κ2) is 8.11. The van der Waals surface area contributed by atoms with E-state index in [0.717, 1.165) is 35.8 Å². The maximum absolute atomic E-state index is 13.5. The summed E-state index contributed by atoms with van der Waals surface area (Å²) in [6, 6.07) is 5.34. The van der Waals surface area contributed by atoms with Crippen LogP contribution in [0.15, 0.2) is 22.7 Å². The molecule has 20 heavy (non-hydrogen) atoms. The third-order valence-electron chi connectivity index (χ3n) is 3.38. The lowest BCUT2D eigenvalue weighted by molar-refractivity contribution is 0.00714. The van der Waals surface area contributed by atoms with E-state index in [1.165, 1.54) is 6.07 Å². The molecule has 2 nitrogen and oxygen atoms in total. The number of halogens is 2. The molecule has 114 valence electrons. The molecule has 0 aliphatic carbocycles. The van der Waals surface area contributed by atoms with Crippen molar-refractivity contribution in [3.63, 3.8) is 0 Å². The average molecular weight is 346 g/mol. The molecule has 0 saturated carbocycles. The normalized spacial score (nSPS) is 13.5. The van der Waals surface area contributed by atoms with Crippen molar-refractivity contribution in [3.05, 3.63) is 34.1 Å². The summed E-state index contributed by atoms with van der Waals surface area (Å²) in [5.74, 6) is -0.199. The summed E-state index contributed by atoms with van der Waals surface area (Å²) in [4.78, 5) is 0. The summed E-state index contributed by atoms with van der Waals surface area (Å²) in [5, 5.41) is 3.53. The Kier molecular flexibility index (Phi) is 7.13. The van der Waals surface area contributed by atoms with Crippen LogP contribution in [0.3, 0.4) is 0 Å². The van der Waals surface area contributed by atoms with Gasteiger partial charge in [-0.2, -0.15) is 0 Å². The van der Waals surface area contributed by atoms with E-state index in [9.17, 15) is 4.39 Å². The van der Waals surface area contributed by atoms with Gasteiger partial charge in [-0.25, -0.2) is 4.39 Å². The zero-order chi connectivity index (χ0) is 15.2. The van der Waals surface area contributed by atoms with Gasteiger partial charge in [0.1, 0.15) is 5.82 Å². The van der Waals surface area contributed by atoms with Crippen molar-refractivity contribution in [2.24, 2.45) is 0 Å². The number of rotatable bonds is 8. The van der Waals surface area contributed by atoms with E-state index < -0.39 is 0 Å². The highest BCUT2D eigenvalue weighted by molar-refractivity contribution is 9.10. The first kappa shape index (κ1) is 17.6. The maximum Gasteiger partial charge on any atom is 0.124 e. The van der Waals surface area contributed by atoms with Crippen molar-refractivity contribution >= 4 is 15.9 Å². The number of nitrogens with one attached hydrogen (secondary N) is 1. The molecule has 1 aromatic carbocycles. The fraction of sp³-hybridized carbons (Fsp3) is 0.625. The summed E-state index contributed by atoms with van der Waals surface area (Å²) in [7, 11) is 1.73. The summed E-state index contributed by atoms with van der Waals surface area (Å²) in [6.07, 6.45) is 2.76. The first-order valence-corrected chi connectivity index (χ1v) is 7.89. The average Bonchev–Trinajstić information content (AvgIpc) is 2.34. The number of ether oxygens (including phenoxy) is 1. The summed E-state index contributed by atoms with van der Waals surface area (Å²) < 4.78 is 19.8. The first-order valence-electron chi connectivity index (χ1n) is 7.10. The van der Waals surface area contributed by atoms with Gasteiger partial charge in [0.15, 0.2) is 0 Å². The predicted octanol–water partition coefficient (Wildman–Crippen LogP) is 4.31. The Bertz CT molecular complexity index is 403. The van der Waals surface area contributed by atoms with Crippen molar-refractivity contribution < 1.29 is 9.13 Å². The molecule has 0 bridgehead atoms. The molecule has 0 radical (unpaired) electrons. The maximum atomic E-state index is 13.5. The molecule has 0 aromatic heterocycles. The van der Waals surface area contributed by atoms with Crippen LogP contribution in [-0.2, 0) is 11.2 Å². The van der Waals surface area contributed by atoms with E-state index >= 15 is 0 Å². The van der Waals surface area contributed by atoms with Crippen molar-refractivity contribution in [1.29, 1.82) is 0 Å². The van der Waals surface area contributed by atoms with Crippen LogP contribution in [-0.4, -0.2) is 25.3 Å². The molecule has 4 heteroatoms. The van der Waals surface area contributed by atoms with Crippen LogP contribution in [0.5, 0.6) is 0 Å². The summed E-state index contributed by atoms with van der Waals surface area (Å²) >= 11 is 3.35. The van der Waals surface area contributed by atoms with E-state index in [2.05, 4.69) is 42.0 Å². The monoisotopic (exact) mass is 345 g/mol. The van der Waals surface area contributed by atoms with Gasteiger partial charge in [0, 0.05) is 17.6 Å². The highest BCUT2D eigenvalue weighted by Crippen LogP contribution is 2.21. The standard InChI is InChI=1S/C16H25BrFNO/c1-5-6-19-15(11-16(2,3)20-4)9-12-7-13(17)10-14(18)8-12/h7-8,10,15,19H,5-6,9,11H2,1-4H3. The number of benzene rings is 1. The van der Waals surface area contributed by atoms with Crippen LogP contribution in [0.4, 0.5) is 4.39 Å². The second-order valence-electron chi connectivity index (χ2n) is 5.80. The Morgan fingerprint density at radius 2 is 2.05 bits per heavy atom. The lowest BCUT2D eigenvalue weighted by atomic mass is 9.94. The molecule has 1 rings (SSSR count). The van der Waals surface area contributed by atoms with E-state index in [0.29, 0.717) is 0 Å². The zero-order valence-electron chi connectivity index (χ0n) is 12.8. The van der Waals surface area contributed by atoms with Gasteiger partial charge < -0.3 is 10.1 Å². The Labute approximate surface area is 130 Å². The third kappa shape index (κ3) is 6.33. The van der Waals surface area contributed by atoms with Crippen LogP contribution in [0.2, 0.25) is 0 Å². The molecular weight excluding hydrogens is 321 g/mol. The Morgan fingerprint density at radius 3 is 2.60 bits per heavy atom. The lowest BCUT2D eigenvalue weighted by Gasteiger charge is -2.29. The third-order valence-corrected chi connectivity index (χ3v) is 3.84. The topological polar surface area (TPSA) is 21.3 Å². The van der Waals surface area contributed by atoms with Crippen molar-refractivity contribution in [1.82, 2.24) is 5.32 Å². The molecular formula is C16H25BrFNO. The van der Waals surface area contributed by atoms with Crippen molar-refractivity contribution in [2.45, 2.75) is 51.7 Å². The molecule has 1 N–H and O–H groups in total. The highest BCUT2D eigenvalue weighted by Gasteiger charge is 2.22. The van der Waals surface area contributed by atoms with Gasteiger partial charge in [0.25, 0.3) is 0 Å². The van der Waals surface area contributed by atoms with E-state index in [1.54, 1.807) is 13.2 Å². The van der Waals surface area contributed by atoms with Gasteiger partial charge in [-0.15, -0.1) is 0 Å². The number of methoxy groups -OCH3 is 1. The molecule has 0 aliphatic heterocycles. The van der Waals surface area contributed by atoms with Gasteiger partial charge >= 0.3 is 0 Å². The molecule has 1 atom stereocenters. The number of hydrogen-bond acceptors (Lipinski definition) is 2. The van der Waals surface area contributed by atoms with Crippen LogP contribution in [0.25, 0.3) is 0 Å². The summed E-state index contributed by atoms with van der Waals surface area (Å²) in [6.45, 7) is 7.26. The fourth-order valence-corrected chi connectivity index (χ4v) is 2.77. The smallest absolute Gasteiger partial charge is 0.124 e. The molecule has 0 fully saturated rings. The van der Waals surface area contributed by atoms with Gasteiger partial charge in [-0.05, 0) is 63.4 Å². The van der Waals surface area contributed by atoms with Crippen LogP contribution < -0.4 is 5.32 Å². The molecule has 0 heterocycles. The SMILES string of the molecule is CCCNC(Cc1cc(F)cc(Br)c1)CC(C)(C)OC. The van der Waals surface area contributed by atoms with Gasteiger partial charge in [-0.1, -0.05) is 22.9 Å². The largest absolute Gasteiger partial charge is 0.379 e. The van der Waals surface area contributed by atoms with Crippen molar-refractivity contribution in [3.8, 4) is 0 Å². The lowest BCUT2D eigenvalue weighted by Crippen LogP contribution is -2.39. The summed E-state index contributed by atoms with van der Waals surface area (Å²) in [5.41, 5.74) is 0.813. The van der Waals surface area contributed by atoms with Gasteiger partial charge in [0.2, 0.25) is 0 Å². The van der Waals surface area contributed by atoms with Crippen molar-refractivity contribution in [2.75, 3.05) is 13.7 Å². The Balaban J connectivity index is 2.77. The minimum Gasteiger partial charge on any atom is -0.379 e. The molecule has 1 unspecified atom stereocenters. The Morgan fingerprint density at radius 1 is 1.35 bits per heavy atom. The second-order valence-corrected chi connectivity index (χ2v) is 6.72. The fourth-order valence-electron chi connectivity index (χ4n) is 2.26. The highest BCUT2D eigenvalue weighted by atomic mass is 79.9. The molecule has 1 aromatic rings. The van der Waals surface area contributed by atoms with Crippen LogP contribution in [0, 0.1) is 5.82 Å². The van der Waals surface area contributed by atoms with Gasteiger partial charge in [-0.3, -0.25) is 0 Å². The van der Waals surface area contributed by atoms with Gasteiger partial charge in [0.05, 0.1) is 5.60 Å². The van der Waals surface area contributed by atoms with Crippen LogP contribution >= 0.6 is 15.9 Å². The molecule has 0 spiro atoms. The minimum atomic E-state index is -0.199. The van der Waals surface area contributed by atoms with E-state index in [1.807, 2.05) is 6.07 Å². The molecule has 0 amide bonds. The first-order chi connectivity index (χ1) is 9.36. The molecule has 0 aliphatic rings. The zero-order valence-corrected chi connectivity index (χ0v) is 14.4. The van der Waals surface area contributed by atoms with E-state index in [4.69, 9.17) is 4.74 Å². The number of hydrogen-bond donors (Lipinski definition) is 1. The minimum absolute atomic E-state index is 0.185. The molecule has 0 saturated heterocycles. The quantitative estimate of drug-likeness (QED) is 0.757.